The Morgan fingerprint density at radius 2 is 2.05 bits per heavy atom. The average Bonchev–Trinajstić information content (AvgIpc) is 2.78. The average molecular weight is 268 g/mol. The number of esters is 1. The highest BCUT2D eigenvalue weighted by Crippen LogP contribution is 2.16. The van der Waals surface area contributed by atoms with Crippen LogP contribution in [0.5, 0.6) is 0 Å². The predicted molar refractivity (Wildman–Crippen MR) is 68.8 cm³/mol. The van der Waals surface area contributed by atoms with Gasteiger partial charge < -0.3 is 14.2 Å². The van der Waals surface area contributed by atoms with Crippen molar-refractivity contribution in [2.75, 3.05) is 20.2 Å². The van der Waals surface area contributed by atoms with Crippen LogP contribution < -0.4 is 0 Å². The van der Waals surface area contributed by atoms with Gasteiger partial charge in [-0.3, -0.25) is 9.59 Å². The zero-order valence-electron chi connectivity index (χ0n) is 11.9. The first kappa shape index (κ1) is 15.2. The van der Waals surface area contributed by atoms with Crippen LogP contribution in [0.15, 0.2) is 4.52 Å². The van der Waals surface area contributed by atoms with Crippen molar-refractivity contribution in [3.8, 4) is 0 Å². The van der Waals surface area contributed by atoms with Crippen LogP contribution in [0.25, 0.3) is 0 Å². The Hall–Kier alpha value is -1.85. The van der Waals surface area contributed by atoms with Crippen LogP contribution >= 0.6 is 0 Å². The van der Waals surface area contributed by atoms with Crippen molar-refractivity contribution >= 4 is 11.9 Å². The maximum absolute atomic E-state index is 12.5. The topological polar surface area (TPSA) is 72.6 Å². The van der Waals surface area contributed by atoms with E-state index in [1.165, 1.54) is 12.0 Å². The lowest BCUT2D eigenvalue weighted by molar-refractivity contribution is -0.141. The summed E-state index contributed by atoms with van der Waals surface area (Å²) in [7, 11) is 1.30. The third kappa shape index (κ3) is 3.56. The molecule has 0 unspecified atom stereocenters. The molecule has 1 aromatic heterocycles. The minimum atomic E-state index is -0.436. The van der Waals surface area contributed by atoms with E-state index in [0.717, 1.165) is 6.42 Å². The van der Waals surface area contributed by atoms with Crippen LogP contribution in [0, 0.1) is 6.92 Å². The van der Waals surface area contributed by atoms with Crippen molar-refractivity contribution in [2.45, 2.75) is 33.6 Å². The van der Waals surface area contributed by atoms with Gasteiger partial charge in [-0.2, -0.15) is 0 Å². The molecule has 0 radical (unpaired) electrons. The molecule has 0 aliphatic rings. The van der Waals surface area contributed by atoms with Gasteiger partial charge in [-0.25, -0.2) is 0 Å². The smallest absolute Gasteiger partial charge is 0.325 e. The Kier molecular flexibility index (Phi) is 5.54. The second-order valence-electron chi connectivity index (χ2n) is 4.22. The monoisotopic (exact) mass is 268 g/mol. The fourth-order valence-corrected chi connectivity index (χ4v) is 1.83. The molecular formula is C13H20N2O4. The van der Waals surface area contributed by atoms with Crippen LogP contribution in [-0.2, 0) is 16.0 Å². The second-order valence-corrected chi connectivity index (χ2v) is 4.22. The van der Waals surface area contributed by atoms with E-state index in [9.17, 15) is 9.59 Å². The molecule has 0 aromatic carbocycles. The Labute approximate surface area is 112 Å². The van der Waals surface area contributed by atoms with Gasteiger partial charge >= 0.3 is 5.97 Å². The molecule has 0 atom stereocenters. The summed E-state index contributed by atoms with van der Waals surface area (Å²) >= 11 is 0. The molecule has 0 saturated carbocycles. The van der Waals surface area contributed by atoms with E-state index >= 15 is 0 Å². The SMILES string of the molecule is CCCN(CC(=O)OC)C(=O)c1c(CC)noc1C. The van der Waals surface area contributed by atoms with Gasteiger partial charge in [-0.15, -0.1) is 0 Å². The van der Waals surface area contributed by atoms with Crippen molar-refractivity contribution in [2.24, 2.45) is 0 Å². The van der Waals surface area contributed by atoms with Gasteiger partial charge in [-0.05, 0) is 19.8 Å². The van der Waals surface area contributed by atoms with Crippen molar-refractivity contribution in [1.82, 2.24) is 10.1 Å². The minimum absolute atomic E-state index is 0.0586. The molecule has 0 aliphatic carbocycles. The summed E-state index contributed by atoms with van der Waals surface area (Å²) in [6.45, 7) is 5.97. The third-order valence-electron chi connectivity index (χ3n) is 2.81. The van der Waals surface area contributed by atoms with Gasteiger partial charge in [0.2, 0.25) is 0 Å². The van der Waals surface area contributed by atoms with Gasteiger partial charge in [0.15, 0.2) is 0 Å². The maximum Gasteiger partial charge on any atom is 0.325 e. The summed E-state index contributed by atoms with van der Waals surface area (Å²) in [5.74, 6) is -0.190. The first-order chi connectivity index (χ1) is 9.04. The first-order valence-electron chi connectivity index (χ1n) is 6.36. The molecule has 0 bridgehead atoms. The number of carbonyl (C=O) groups is 2. The van der Waals surface area contributed by atoms with E-state index in [4.69, 9.17) is 4.52 Å². The van der Waals surface area contributed by atoms with Crippen molar-refractivity contribution in [3.05, 3.63) is 17.0 Å². The molecule has 0 saturated heterocycles. The summed E-state index contributed by atoms with van der Waals surface area (Å²) in [5.41, 5.74) is 1.08. The van der Waals surface area contributed by atoms with Crippen molar-refractivity contribution in [3.63, 3.8) is 0 Å². The van der Waals surface area contributed by atoms with E-state index in [1.807, 2.05) is 13.8 Å². The van der Waals surface area contributed by atoms with Crippen LogP contribution in [-0.4, -0.2) is 42.1 Å². The van der Waals surface area contributed by atoms with Crippen molar-refractivity contribution < 1.29 is 18.8 Å². The summed E-state index contributed by atoms with van der Waals surface area (Å²) in [4.78, 5) is 25.3. The normalized spacial score (nSPS) is 10.3. The molecule has 1 amide bonds. The number of nitrogens with zero attached hydrogens (tertiary/aromatic N) is 2. The molecule has 0 fully saturated rings. The number of hydrogen-bond acceptors (Lipinski definition) is 5. The molecule has 106 valence electrons. The Morgan fingerprint density at radius 1 is 1.37 bits per heavy atom. The van der Waals surface area contributed by atoms with Gasteiger partial charge in [0.25, 0.3) is 5.91 Å². The lowest BCUT2D eigenvalue weighted by atomic mass is 10.1. The molecule has 0 aliphatic heterocycles. The number of methoxy groups -OCH3 is 1. The standard InChI is InChI=1S/C13H20N2O4/c1-5-7-15(8-11(16)18-4)13(17)12-9(3)19-14-10(12)6-2/h5-8H2,1-4H3. The van der Waals surface area contributed by atoms with Crippen molar-refractivity contribution in [1.29, 1.82) is 0 Å². The van der Waals surface area contributed by atoms with E-state index in [2.05, 4.69) is 9.89 Å². The summed E-state index contributed by atoms with van der Waals surface area (Å²) in [6.07, 6.45) is 1.37. The number of aryl methyl sites for hydroxylation is 2. The lowest BCUT2D eigenvalue weighted by Gasteiger charge is -2.20. The zero-order chi connectivity index (χ0) is 14.4. The van der Waals surface area contributed by atoms with E-state index in [-0.39, 0.29) is 12.5 Å². The van der Waals surface area contributed by atoms with Crippen LogP contribution in [0.2, 0.25) is 0 Å². The predicted octanol–water partition coefficient (Wildman–Crippen LogP) is 1.57. The molecule has 0 spiro atoms. The Morgan fingerprint density at radius 3 is 2.58 bits per heavy atom. The molecular weight excluding hydrogens is 248 g/mol. The molecule has 1 heterocycles. The molecule has 19 heavy (non-hydrogen) atoms. The van der Waals surface area contributed by atoms with E-state index < -0.39 is 5.97 Å². The van der Waals surface area contributed by atoms with Gasteiger partial charge in [0.1, 0.15) is 17.9 Å². The zero-order valence-corrected chi connectivity index (χ0v) is 11.9. The lowest BCUT2D eigenvalue weighted by Crippen LogP contribution is -2.37. The summed E-state index contributed by atoms with van der Waals surface area (Å²) in [6, 6.07) is 0. The van der Waals surface area contributed by atoms with E-state index in [0.29, 0.717) is 30.0 Å². The van der Waals surface area contributed by atoms with E-state index in [1.54, 1.807) is 6.92 Å². The molecule has 1 aromatic rings. The molecule has 6 heteroatoms. The largest absolute Gasteiger partial charge is 0.468 e. The van der Waals surface area contributed by atoms with Gasteiger partial charge in [-0.1, -0.05) is 19.0 Å². The number of ether oxygens (including phenoxy) is 1. The Balaban J connectivity index is 2.98. The highest BCUT2D eigenvalue weighted by atomic mass is 16.5. The summed E-state index contributed by atoms with van der Waals surface area (Å²) < 4.78 is 9.66. The highest BCUT2D eigenvalue weighted by molar-refractivity contribution is 5.97. The maximum atomic E-state index is 12.5. The molecule has 1 rings (SSSR count). The number of aromatic nitrogens is 1. The highest BCUT2D eigenvalue weighted by Gasteiger charge is 2.25. The van der Waals surface area contributed by atoms with Crippen LogP contribution in [0.3, 0.4) is 0 Å². The first-order valence-corrected chi connectivity index (χ1v) is 6.36. The number of carbonyl (C=O) groups excluding carboxylic acids is 2. The summed E-state index contributed by atoms with van der Waals surface area (Å²) in [5, 5.41) is 3.86. The molecule has 0 N–H and O–H groups in total. The molecule has 6 nitrogen and oxygen atoms in total. The van der Waals surface area contributed by atoms with Gasteiger partial charge in [0, 0.05) is 6.54 Å². The second kappa shape index (κ2) is 6.92. The van der Waals surface area contributed by atoms with Gasteiger partial charge in [0.05, 0.1) is 12.8 Å². The number of amides is 1. The fourth-order valence-electron chi connectivity index (χ4n) is 1.83. The fraction of sp³-hybridized carbons (Fsp3) is 0.615. The quantitative estimate of drug-likeness (QED) is 0.732. The number of hydrogen-bond donors (Lipinski definition) is 0. The Bertz CT molecular complexity index is 453. The minimum Gasteiger partial charge on any atom is -0.468 e. The third-order valence-corrected chi connectivity index (χ3v) is 2.81. The van der Waals surface area contributed by atoms with Crippen LogP contribution in [0.4, 0.5) is 0 Å². The van der Waals surface area contributed by atoms with Crippen LogP contribution in [0.1, 0.15) is 42.1 Å². The number of rotatable bonds is 6.